The lowest BCUT2D eigenvalue weighted by Crippen LogP contribution is -2.53. The van der Waals surface area contributed by atoms with Crippen LogP contribution in [-0.2, 0) is 0 Å². The fourth-order valence-corrected chi connectivity index (χ4v) is 4.26. The van der Waals surface area contributed by atoms with Crippen molar-refractivity contribution in [2.45, 2.75) is 25.8 Å². The molecule has 1 aromatic carbocycles. The molecule has 0 spiro atoms. The standard InChI is InChI=1S/C20H28N6O/c1-15-14-19(23-20(21)22-15)26-8-6-16(7-9-26)24-10-12-25(13-11-24)17-4-2-3-5-18(17)27/h2-5,14,16,27H,6-13H2,1H3,(H2,21,22,23). The average Bonchev–Trinajstić information content (AvgIpc) is 2.68. The minimum absolute atomic E-state index is 0.354. The zero-order valence-electron chi connectivity index (χ0n) is 15.9. The summed E-state index contributed by atoms with van der Waals surface area (Å²) < 4.78 is 0. The fraction of sp³-hybridized carbons (Fsp3) is 0.500. The maximum absolute atomic E-state index is 10.1. The first kappa shape index (κ1) is 17.9. The summed E-state index contributed by atoms with van der Waals surface area (Å²) in [6.45, 7) is 7.95. The molecule has 0 aliphatic carbocycles. The Kier molecular flexibility index (Phi) is 5.03. The lowest BCUT2D eigenvalue weighted by atomic mass is 10.0. The number of nitrogens with zero attached hydrogens (tertiary/aromatic N) is 5. The number of anilines is 3. The number of phenols is 1. The Labute approximate surface area is 160 Å². The molecule has 0 atom stereocenters. The number of rotatable bonds is 3. The van der Waals surface area contributed by atoms with Crippen LogP contribution in [0.2, 0.25) is 0 Å². The molecule has 0 saturated carbocycles. The lowest BCUT2D eigenvalue weighted by Gasteiger charge is -2.43. The number of para-hydroxylation sites is 2. The molecule has 0 amide bonds. The van der Waals surface area contributed by atoms with E-state index in [-0.39, 0.29) is 0 Å². The summed E-state index contributed by atoms with van der Waals surface area (Å²) >= 11 is 0. The molecular formula is C20H28N6O. The highest BCUT2D eigenvalue weighted by Gasteiger charge is 2.28. The molecule has 0 radical (unpaired) electrons. The molecule has 2 fully saturated rings. The van der Waals surface area contributed by atoms with E-state index in [0.29, 0.717) is 17.7 Å². The highest BCUT2D eigenvalue weighted by Crippen LogP contribution is 2.28. The molecule has 3 N–H and O–H groups in total. The van der Waals surface area contributed by atoms with Gasteiger partial charge in [0.2, 0.25) is 5.95 Å². The number of aromatic nitrogens is 2. The molecule has 2 saturated heterocycles. The third-order valence-electron chi connectivity index (χ3n) is 5.70. The van der Waals surface area contributed by atoms with Crippen LogP contribution >= 0.6 is 0 Å². The van der Waals surface area contributed by atoms with Gasteiger partial charge in [-0.1, -0.05) is 12.1 Å². The number of aryl methyl sites for hydroxylation is 1. The second-order valence-corrected chi connectivity index (χ2v) is 7.46. The smallest absolute Gasteiger partial charge is 0.222 e. The number of hydrogen-bond acceptors (Lipinski definition) is 7. The van der Waals surface area contributed by atoms with Gasteiger partial charge in [-0.3, -0.25) is 4.90 Å². The van der Waals surface area contributed by atoms with Crippen molar-refractivity contribution in [3.05, 3.63) is 36.0 Å². The highest BCUT2D eigenvalue weighted by atomic mass is 16.3. The summed E-state index contributed by atoms with van der Waals surface area (Å²) in [6.07, 6.45) is 2.28. The summed E-state index contributed by atoms with van der Waals surface area (Å²) in [4.78, 5) is 15.8. The number of piperidine rings is 1. The van der Waals surface area contributed by atoms with E-state index in [1.165, 1.54) is 0 Å². The van der Waals surface area contributed by atoms with Gasteiger partial charge < -0.3 is 20.6 Å². The van der Waals surface area contributed by atoms with Gasteiger partial charge in [0.1, 0.15) is 11.6 Å². The zero-order chi connectivity index (χ0) is 18.8. The van der Waals surface area contributed by atoms with Crippen molar-refractivity contribution in [2.24, 2.45) is 0 Å². The van der Waals surface area contributed by atoms with Crippen molar-refractivity contribution in [3.8, 4) is 5.75 Å². The van der Waals surface area contributed by atoms with E-state index in [2.05, 4.69) is 24.7 Å². The summed E-state index contributed by atoms with van der Waals surface area (Å²) in [7, 11) is 0. The first-order valence-corrected chi connectivity index (χ1v) is 9.73. The summed E-state index contributed by atoms with van der Waals surface area (Å²) in [6, 6.07) is 10.3. The SMILES string of the molecule is Cc1cc(N2CCC(N3CCN(c4ccccc4O)CC3)CC2)nc(N)n1. The monoisotopic (exact) mass is 368 g/mol. The first-order chi connectivity index (χ1) is 13.1. The van der Waals surface area contributed by atoms with Gasteiger partial charge in [-0.2, -0.15) is 4.98 Å². The predicted octanol–water partition coefficient (Wildman–Crippen LogP) is 1.86. The van der Waals surface area contributed by atoms with E-state index in [9.17, 15) is 5.11 Å². The van der Waals surface area contributed by atoms with E-state index in [1.807, 2.05) is 31.2 Å². The molecule has 1 aromatic heterocycles. The van der Waals surface area contributed by atoms with Crippen molar-refractivity contribution in [1.29, 1.82) is 0 Å². The van der Waals surface area contributed by atoms with Gasteiger partial charge in [-0.15, -0.1) is 0 Å². The molecule has 144 valence electrons. The van der Waals surface area contributed by atoms with Gasteiger partial charge in [0, 0.05) is 57.1 Å². The van der Waals surface area contributed by atoms with Crippen LogP contribution in [0.3, 0.4) is 0 Å². The topological polar surface area (TPSA) is 81.8 Å². The molecule has 7 heteroatoms. The average molecular weight is 368 g/mol. The number of aromatic hydroxyl groups is 1. The maximum atomic E-state index is 10.1. The summed E-state index contributed by atoms with van der Waals surface area (Å²) in [5.74, 6) is 1.67. The van der Waals surface area contributed by atoms with Crippen LogP contribution < -0.4 is 15.5 Å². The molecule has 4 rings (SSSR count). The molecular weight excluding hydrogens is 340 g/mol. The molecule has 0 bridgehead atoms. The van der Waals surface area contributed by atoms with Crippen molar-refractivity contribution in [3.63, 3.8) is 0 Å². The lowest BCUT2D eigenvalue weighted by molar-refractivity contribution is 0.159. The normalized spacial score (nSPS) is 19.4. The number of hydrogen-bond donors (Lipinski definition) is 2. The van der Waals surface area contributed by atoms with Gasteiger partial charge in [0.05, 0.1) is 5.69 Å². The quantitative estimate of drug-likeness (QED) is 0.856. The molecule has 0 unspecified atom stereocenters. The number of nitrogens with two attached hydrogens (primary N) is 1. The zero-order valence-corrected chi connectivity index (χ0v) is 15.9. The number of nitrogen functional groups attached to an aromatic ring is 1. The van der Waals surface area contributed by atoms with Crippen molar-refractivity contribution in [1.82, 2.24) is 14.9 Å². The first-order valence-electron chi connectivity index (χ1n) is 9.73. The Bertz CT molecular complexity index is 762. The number of phenolic OH excluding ortho intramolecular Hbond substituents is 1. The molecule has 27 heavy (non-hydrogen) atoms. The fourth-order valence-electron chi connectivity index (χ4n) is 4.26. The Morgan fingerprint density at radius 1 is 0.963 bits per heavy atom. The minimum atomic E-state index is 0.354. The van der Waals surface area contributed by atoms with Crippen LogP contribution in [0.25, 0.3) is 0 Å². The third kappa shape index (κ3) is 3.93. The van der Waals surface area contributed by atoms with Crippen molar-refractivity contribution in [2.75, 3.05) is 54.8 Å². The Balaban J connectivity index is 1.31. The Morgan fingerprint density at radius 3 is 2.33 bits per heavy atom. The van der Waals surface area contributed by atoms with Crippen LogP contribution in [0.15, 0.2) is 30.3 Å². The molecule has 2 aliphatic heterocycles. The largest absolute Gasteiger partial charge is 0.506 e. The number of benzene rings is 1. The summed E-state index contributed by atoms with van der Waals surface area (Å²) in [5, 5.41) is 10.1. The third-order valence-corrected chi connectivity index (χ3v) is 5.70. The predicted molar refractivity (Wildman–Crippen MR) is 108 cm³/mol. The summed E-state index contributed by atoms with van der Waals surface area (Å²) in [5.41, 5.74) is 7.67. The van der Waals surface area contributed by atoms with E-state index >= 15 is 0 Å². The van der Waals surface area contributed by atoms with E-state index in [4.69, 9.17) is 5.73 Å². The van der Waals surface area contributed by atoms with Gasteiger partial charge in [0.25, 0.3) is 0 Å². The molecule has 2 aliphatic rings. The maximum Gasteiger partial charge on any atom is 0.222 e. The van der Waals surface area contributed by atoms with E-state index < -0.39 is 0 Å². The van der Waals surface area contributed by atoms with Gasteiger partial charge >= 0.3 is 0 Å². The van der Waals surface area contributed by atoms with Crippen LogP contribution in [0.4, 0.5) is 17.5 Å². The Morgan fingerprint density at radius 2 is 1.67 bits per heavy atom. The minimum Gasteiger partial charge on any atom is -0.506 e. The van der Waals surface area contributed by atoms with Gasteiger partial charge in [-0.05, 0) is 31.9 Å². The molecule has 3 heterocycles. The number of piperazine rings is 1. The van der Waals surface area contributed by atoms with Crippen LogP contribution in [-0.4, -0.2) is 65.3 Å². The van der Waals surface area contributed by atoms with Crippen LogP contribution in [0.1, 0.15) is 18.5 Å². The highest BCUT2D eigenvalue weighted by molar-refractivity contribution is 5.57. The van der Waals surface area contributed by atoms with Crippen LogP contribution in [0, 0.1) is 6.92 Å². The second kappa shape index (κ2) is 7.60. The second-order valence-electron chi connectivity index (χ2n) is 7.46. The van der Waals surface area contributed by atoms with Crippen molar-refractivity contribution < 1.29 is 5.11 Å². The van der Waals surface area contributed by atoms with Gasteiger partial charge in [-0.25, -0.2) is 4.98 Å². The molecule has 2 aromatic rings. The Hall–Kier alpha value is -2.54. The molecule has 7 nitrogen and oxygen atoms in total. The van der Waals surface area contributed by atoms with E-state index in [0.717, 1.165) is 69.3 Å². The van der Waals surface area contributed by atoms with Crippen LogP contribution in [0.5, 0.6) is 5.75 Å². The van der Waals surface area contributed by atoms with Gasteiger partial charge in [0.15, 0.2) is 0 Å². The van der Waals surface area contributed by atoms with Crippen molar-refractivity contribution >= 4 is 17.5 Å². The van der Waals surface area contributed by atoms with E-state index in [1.54, 1.807) is 6.07 Å².